The van der Waals surface area contributed by atoms with Gasteiger partial charge in [-0.25, -0.2) is 33.7 Å². The topological polar surface area (TPSA) is 69.4 Å². The molecule has 0 spiro atoms. The molecule has 3 heterocycles. The summed E-state index contributed by atoms with van der Waals surface area (Å²) >= 11 is 11.8. The number of imidazole rings is 1. The van der Waals surface area contributed by atoms with Crippen molar-refractivity contribution in [2.75, 3.05) is 0 Å². The predicted octanol–water partition coefficient (Wildman–Crippen LogP) is 5.42. The zero-order valence-corrected chi connectivity index (χ0v) is 17.1. The number of fused-ring (bicyclic) bond motifs is 1. The van der Waals surface area contributed by atoms with Gasteiger partial charge in [-0.1, -0.05) is 0 Å². The second kappa shape index (κ2) is 7.27. The Labute approximate surface area is 174 Å². The van der Waals surface area contributed by atoms with Crippen molar-refractivity contribution in [3.63, 3.8) is 0 Å². The molecule has 6 nitrogen and oxygen atoms in total. The van der Waals surface area contributed by atoms with Crippen LogP contribution in [0.15, 0.2) is 24.5 Å². The van der Waals surface area contributed by atoms with Crippen LogP contribution in [0.3, 0.4) is 0 Å². The third-order valence-electron chi connectivity index (χ3n) is 4.45. The Bertz CT molecular complexity index is 1260. The third kappa shape index (κ3) is 3.42. The van der Waals surface area contributed by atoms with Crippen LogP contribution in [0, 0.1) is 18.6 Å². The number of nitrogens with zero attached hydrogens (tertiary/aromatic N) is 6. The first-order valence-corrected chi connectivity index (χ1v) is 9.41. The predicted molar refractivity (Wildman–Crippen MR) is 107 cm³/mol. The van der Waals surface area contributed by atoms with Gasteiger partial charge in [0, 0.05) is 17.2 Å². The van der Waals surface area contributed by atoms with Crippen LogP contribution in [0.5, 0.6) is 0 Å². The van der Waals surface area contributed by atoms with Gasteiger partial charge in [-0.15, -0.1) is 0 Å². The molecule has 148 valence electrons. The lowest BCUT2D eigenvalue weighted by atomic mass is 10.0. The molecule has 0 saturated carbocycles. The zero-order chi connectivity index (χ0) is 20.9. The van der Waals surface area contributed by atoms with Crippen molar-refractivity contribution in [1.82, 2.24) is 29.5 Å². The largest absolute Gasteiger partial charge is 0.326 e. The lowest BCUT2D eigenvalue weighted by molar-refractivity contribution is 0.600. The minimum atomic E-state index is -0.675. The van der Waals surface area contributed by atoms with Gasteiger partial charge in [0.05, 0.1) is 23.4 Å². The van der Waals surface area contributed by atoms with Crippen molar-refractivity contribution in [2.24, 2.45) is 0 Å². The van der Waals surface area contributed by atoms with Crippen molar-refractivity contribution >= 4 is 34.2 Å². The molecule has 0 saturated heterocycles. The number of halogens is 4. The van der Waals surface area contributed by atoms with E-state index in [2.05, 4.69) is 24.9 Å². The van der Waals surface area contributed by atoms with Gasteiger partial charge in [0.25, 0.3) is 0 Å². The first-order chi connectivity index (χ1) is 13.8. The average Bonchev–Trinajstić information content (AvgIpc) is 3.01. The zero-order valence-electron chi connectivity index (χ0n) is 15.6. The minimum Gasteiger partial charge on any atom is -0.326 e. The first-order valence-electron chi connectivity index (χ1n) is 8.65. The lowest BCUT2D eigenvalue weighted by Crippen LogP contribution is -2.03. The van der Waals surface area contributed by atoms with Crippen molar-refractivity contribution in [1.29, 1.82) is 0 Å². The highest BCUT2D eigenvalue weighted by atomic mass is 35.5. The van der Waals surface area contributed by atoms with E-state index in [0.717, 1.165) is 18.2 Å². The SMILES string of the molecule is Cc1nc2c(-c3nc(Cl)ncc3F)cc(-c3nc(Cl)ncc3F)cc2n1C(C)C. The number of aromatic nitrogens is 6. The van der Waals surface area contributed by atoms with E-state index in [1.807, 2.05) is 25.3 Å². The summed E-state index contributed by atoms with van der Waals surface area (Å²) in [5.41, 5.74) is 1.86. The standard InChI is InChI=1S/C19H14Cl2F2N6/c1-8(2)29-9(3)26-17-11(16-13(23)7-25-19(21)28-16)4-10(5-14(17)29)15-12(22)6-24-18(20)27-15/h4-8H,1-3H3. The maximum Gasteiger partial charge on any atom is 0.223 e. The molecule has 0 fully saturated rings. The summed E-state index contributed by atoms with van der Waals surface area (Å²) in [6.07, 6.45) is 1.97. The third-order valence-corrected chi connectivity index (χ3v) is 4.81. The van der Waals surface area contributed by atoms with Gasteiger partial charge in [-0.2, -0.15) is 0 Å². The quantitative estimate of drug-likeness (QED) is 0.402. The summed E-state index contributed by atoms with van der Waals surface area (Å²) in [5, 5.41) is -0.218. The highest BCUT2D eigenvalue weighted by molar-refractivity contribution is 6.28. The van der Waals surface area contributed by atoms with Gasteiger partial charge in [-0.3, -0.25) is 0 Å². The van der Waals surface area contributed by atoms with E-state index < -0.39 is 11.6 Å². The molecule has 29 heavy (non-hydrogen) atoms. The van der Waals surface area contributed by atoms with Gasteiger partial charge >= 0.3 is 0 Å². The minimum absolute atomic E-state index is 0.0112. The van der Waals surface area contributed by atoms with Crippen LogP contribution in [0.2, 0.25) is 10.6 Å². The fourth-order valence-electron chi connectivity index (χ4n) is 3.36. The maximum atomic E-state index is 14.6. The highest BCUT2D eigenvalue weighted by Crippen LogP contribution is 2.36. The second-order valence-corrected chi connectivity index (χ2v) is 7.36. The number of aryl methyl sites for hydroxylation is 1. The molecule has 0 N–H and O–H groups in total. The van der Waals surface area contributed by atoms with Gasteiger partial charge in [0.15, 0.2) is 11.6 Å². The molecule has 0 radical (unpaired) electrons. The Morgan fingerprint density at radius 3 is 2.10 bits per heavy atom. The van der Waals surface area contributed by atoms with Gasteiger partial charge in [0.1, 0.15) is 17.2 Å². The van der Waals surface area contributed by atoms with Crippen LogP contribution in [-0.2, 0) is 0 Å². The highest BCUT2D eigenvalue weighted by Gasteiger charge is 2.21. The summed E-state index contributed by atoms with van der Waals surface area (Å²) < 4.78 is 31.0. The van der Waals surface area contributed by atoms with Crippen LogP contribution in [0.4, 0.5) is 8.78 Å². The summed E-state index contributed by atoms with van der Waals surface area (Å²) in [7, 11) is 0. The summed E-state index contributed by atoms with van der Waals surface area (Å²) in [4.78, 5) is 19.9. The molecule has 4 aromatic rings. The van der Waals surface area contributed by atoms with Crippen molar-refractivity contribution in [3.05, 3.63) is 52.6 Å². The molecule has 0 unspecified atom stereocenters. The maximum absolute atomic E-state index is 14.6. The number of hydrogen-bond acceptors (Lipinski definition) is 5. The molecule has 0 aliphatic rings. The van der Waals surface area contributed by atoms with E-state index in [4.69, 9.17) is 23.2 Å². The molecule has 3 aromatic heterocycles. The van der Waals surface area contributed by atoms with Gasteiger partial charge in [0.2, 0.25) is 10.6 Å². The van der Waals surface area contributed by atoms with Crippen LogP contribution in [0.1, 0.15) is 25.7 Å². The Balaban J connectivity index is 2.13. The van der Waals surface area contributed by atoms with E-state index in [9.17, 15) is 8.78 Å². The van der Waals surface area contributed by atoms with E-state index in [0.29, 0.717) is 22.2 Å². The van der Waals surface area contributed by atoms with Crippen molar-refractivity contribution < 1.29 is 8.78 Å². The molecular formula is C19H14Cl2F2N6. The van der Waals surface area contributed by atoms with Gasteiger partial charge < -0.3 is 4.57 Å². The van der Waals surface area contributed by atoms with Crippen LogP contribution in [-0.4, -0.2) is 29.5 Å². The monoisotopic (exact) mass is 434 g/mol. The van der Waals surface area contributed by atoms with Crippen LogP contribution >= 0.6 is 23.2 Å². The molecule has 1 aromatic carbocycles. The molecule has 10 heteroatoms. The average molecular weight is 435 g/mol. The Morgan fingerprint density at radius 2 is 1.48 bits per heavy atom. The molecule has 0 aliphatic carbocycles. The molecule has 4 rings (SSSR count). The summed E-state index contributed by atoms with van der Waals surface area (Å²) in [6.45, 7) is 5.82. The molecule has 0 atom stereocenters. The first kappa shape index (κ1) is 19.6. The van der Waals surface area contributed by atoms with Gasteiger partial charge in [-0.05, 0) is 56.1 Å². The van der Waals surface area contributed by atoms with Crippen LogP contribution in [0.25, 0.3) is 33.5 Å². The van der Waals surface area contributed by atoms with Crippen LogP contribution < -0.4 is 0 Å². The fraction of sp³-hybridized carbons (Fsp3) is 0.211. The molecule has 0 bridgehead atoms. The summed E-state index contributed by atoms with van der Waals surface area (Å²) in [5.74, 6) is -0.617. The second-order valence-electron chi connectivity index (χ2n) is 6.69. The number of hydrogen-bond donors (Lipinski definition) is 0. The molecule has 0 aliphatic heterocycles. The van der Waals surface area contributed by atoms with E-state index in [1.54, 1.807) is 12.1 Å². The Hall–Kier alpha value is -2.71. The Kier molecular flexibility index (Phi) is 4.92. The van der Waals surface area contributed by atoms with E-state index in [-0.39, 0.29) is 28.0 Å². The molecular weight excluding hydrogens is 421 g/mol. The fourth-order valence-corrected chi connectivity index (χ4v) is 3.63. The smallest absolute Gasteiger partial charge is 0.223 e. The van der Waals surface area contributed by atoms with Crippen molar-refractivity contribution in [3.8, 4) is 22.5 Å². The number of rotatable bonds is 3. The normalized spacial score (nSPS) is 11.6. The Morgan fingerprint density at radius 1 is 0.897 bits per heavy atom. The van der Waals surface area contributed by atoms with E-state index in [1.165, 1.54) is 0 Å². The number of benzene rings is 1. The van der Waals surface area contributed by atoms with Crippen molar-refractivity contribution in [2.45, 2.75) is 26.8 Å². The molecule has 0 amide bonds. The van der Waals surface area contributed by atoms with E-state index >= 15 is 0 Å². The lowest BCUT2D eigenvalue weighted by Gasteiger charge is -2.13. The summed E-state index contributed by atoms with van der Waals surface area (Å²) in [6, 6.07) is 3.35.